The minimum atomic E-state index is 0.404. The van der Waals surface area contributed by atoms with Crippen molar-refractivity contribution >= 4 is 5.69 Å². The fourth-order valence-corrected chi connectivity index (χ4v) is 3.33. The third-order valence-electron chi connectivity index (χ3n) is 4.28. The molecule has 3 rings (SSSR count). The number of hydrogen-bond donors (Lipinski definition) is 1. The number of benzene rings is 1. The van der Waals surface area contributed by atoms with Gasteiger partial charge in [-0.2, -0.15) is 0 Å². The van der Waals surface area contributed by atoms with E-state index in [1.807, 2.05) is 0 Å². The topological polar surface area (TPSA) is 21.3 Å². The van der Waals surface area contributed by atoms with Crippen molar-refractivity contribution in [2.75, 3.05) is 11.9 Å². The Balaban J connectivity index is 1.75. The van der Waals surface area contributed by atoms with E-state index >= 15 is 0 Å². The van der Waals surface area contributed by atoms with Gasteiger partial charge in [-0.25, -0.2) is 0 Å². The van der Waals surface area contributed by atoms with Crippen LogP contribution in [-0.4, -0.2) is 12.6 Å². The minimum absolute atomic E-state index is 0.404. The first-order chi connectivity index (χ1) is 8.64. The summed E-state index contributed by atoms with van der Waals surface area (Å²) in [4.78, 5) is 0. The Morgan fingerprint density at radius 2 is 2.22 bits per heavy atom. The zero-order chi connectivity index (χ0) is 12.6. The highest BCUT2D eigenvalue weighted by Crippen LogP contribution is 2.38. The second kappa shape index (κ2) is 4.49. The Kier molecular flexibility index (Phi) is 2.96. The molecule has 1 fully saturated rings. The molecular weight excluding hydrogens is 222 g/mol. The molecule has 1 heterocycles. The number of anilines is 1. The average Bonchev–Trinajstić information content (AvgIpc) is 2.77. The van der Waals surface area contributed by atoms with Crippen LogP contribution in [0, 0.1) is 5.41 Å². The summed E-state index contributed by atoms with van der Waals surface area (Å²) in [5, 5.41) is 3.41. The monoisotopic (exact) mass is 245 g/mol. The molecule has 18 heavy (non-hydrogen) atoms. The number of hydrogen-bond acceptors (Lipinski definition) is 2. The van der Waals surface area contributed by atoms with Crippen molar-refractivity contribution in [3.8, 4) is 5.75 Å². The van der Waals surface area contributed by atoms with Crippen LogP contribution in [0.4, 0.5) is 5.69 Å². The fraction of sp³-hybridized carbons (Fsp3) is 0.625. The molecule has 98 valence electrons. The Labute approximate surface area is 110 Å². The van der Waals surface area contributed by atoms with Gasteiger partial charge in [-0.1, -0.05) is 19.9 Å². The molecule has 0 radical (unpaired) electrons. The third kappa shape index (κ3) is 2.33. The summed E-state index contributed by atoms with van der Waals surface area (Å²) in [5.74, 6) is 1.11. The molecule has 2 heteroatoms. The van der Waals surface area contributed by atoms with Crippen LogP contribution in [0.15, 0.2) is 18.2 Å². The molecule has 0 saturated heterocycles. The van der Waals surface area contributed by atoms with Gasteiger partial charge >= 0.3 is 0 Å². The van der Waals surface area contributed by atoms with Crippen LogP contribution in [0.25, 0.3) is 0 Å². The maximum Gasteiger partial charge on any atom is 0.125 e. The summed E-state index contributed by atoms with van der Waals surface area (Å²) in [6.07, 6.45) is 6.53. The van der Waals surface area contributed by atoms with Gasteiger partial charge in [0, 0.05) is 17.8 Å². The summed E-state index contributed by atoms with van der Waals surface area (Å²) in [5.41, 5.74) is 3.09. The largest absolute Gasteiger partial charge is 0.490 e. The molecular formula is C16H23NO. The molecule has 1 saturated carbocycles. The Morgan fingerprint density at radius 3 is 3.06 bits per heavy atom. The van der Waals surface area contributed by atoms with Crippen LogP contribution in [-0.2, 0) is 6.42 Å². The summed E-state index contributed by atoms with van der Waals surface area (Å²) in [6.45, 7) is 5.77. The molecule has 1 atom stereocenters. The second-order valence-corrected chi connectivity index (χ2v) is 6.46. The lowest BCUT2D eigenvalue weighted by Crippen LogP contribution is -2.30. The second-order valence-electron chi connectivity index (χ2n) is 6.46. The van der Waals surface area contributed by atoms with E-state index in [2.05, 4.69) is 37.4 Å². The standard InChI is InChI=1S/C16H23NO/c1-16(2)9-4-5-12(11-16)18-15-7-3-6-14-13(15)8-10-17-14/h3,6-7,12,17H,4-5,8-11H2,1-2H3. The van der Waals surface area contributed by atoms with Gasteiger partial charge in [-0.15, -0.1) is 0 Å². The zero-order valence-corrected chi connectivity index (χ0v) is 11.5. The van der Waals surface area contributed by atoms with Crippen molar-refractivity contribution in [2.45, 2.75) is 52.1 Å². The maximum atomic E-state index is 6.29. The first kappa shape index (κ1) is 11.9. The zero-order valence-electron chi connectivity index (χ0n) is 11.5. The molecule has 1 N–H and O–H groups in total. The molecule has 1 unspecified atom stereocenters. The van der Waals surface area contributed by atoms with Gasteiger partial charge in [0.15, 0.2) is 0 Å². The summed E-state index contributed by atoms with van der Waals surface area (Å²) in [6, 6.07) is 6.38. The van der Waals surface area contributed by atoms with Crippen LogP contribution in [0.5, 0.6) is 5.75 Å². The summed E-state index contributed by atoms with van der Waals surface area (Å²) >= 11 is 0. The molecule has 0 aromatic heterocycles. The van der Waals surface area contributed by atoms with Crippen LogP contribution in [0.2, 0.25) is 0 Å². The molecule has 2 nitrogen and oxygen atoms in total. The van der Waals surface area contributed by atoms with Gasteiger partial charge in [0.25, 0.3) is 0 Å². The maximum absolute atomic E-state index is 6.29. The van der Waals surface area contributed by atoms with Crippen LogP contribution in [0.1, 0.15) is 45.1 Å². The van der Waals surface area contributed by atoms with Gasteiger partial charge in [-0.3, -0.25) is 0 Å². The molecule has 0 bridgehead atoms. The lowest BCUT2D eigenvalue weighted by atomic mass is 9.76. The third-order valence-corrected chi connectivity index (χ3v) is 4.28. The molecule has 0 amide bonds. The van der Waals surface area contributed by atoms with Crippen LogP contribution < -0.4 is 10.1 Å². The van der Waals surface area contributed by atoms with Crippen molar-refractivity contribution in [2.24, 2.45) is 5.41 Å². The smallest absolute Gasteiger partial charge is 0.125 e. The summed E-state index contributed by atoms with van der Waals surface area (Å²) < 4.78 is 6.29. The molecule has 1 aromatic carbocycles. The van der Waals surface area contributed by atoms with Gasteiger partial charge in [-0.05, 0) is 49.7 Å². The van der Waals surface area contributed by atoms with Gasteiger partial charge in [0.1, 0.15) is 5.75 Å². The minimum Gasteiger partial charge on any atom is -0.490 e. The lowest BCUT2D eigenvalue weighted by Gasteiger charge is -2.35. The van der Waals surface area contributed by atoms with Crippen molar-refractivity contribution in [3.63, 3.8) is 0 Å². The Morgan fingerprint density at radius 1 is 1.33 bits per heavy atom. The predicted molar refractivity (Wildman–Crippen MR) is 75.3 cm³/mol. The predicted octanol–water partition coefficient (Wildman–Crippen LogP) is 4.00. The highest BCUT2D eigenvalue weighted by Gasteiger charge is 2.29. The molecule has 0 spiro atoms. The van der Waals surface area contributed by atoms with E-state index in [-0.39, 0.29) is 0 Å². The Bertz CT molecular complexity index is 439. The molecule has 1 aromatic rings. The first-order valence-electron chi connectivity index (χ1n) is 7.16. The lowest BCUT2D eigenvalue weighted by molar-refractivity contribution is 0.0845. The molecule has 2 aliphatic rings. The van der Waals surface area contributed by atoms with E-state index in [9.17, 15) is 0 Å². The number of ether oxygens (including phenoxy) is 1. The quantitative estimate of drug-likeness (QED) is 0.850. The molecule has 1 aliphatic heterocycles. The highest BCUT2D eigenvalue weighted by atomic mass is 16.5. The SMILES string of the molecule is CC1(C)CCCC(Oc2cccc3c2CCN3)C1. The van der Waals surface area contributed by atoms with E-state index in [1.165, 1.54) is 36.9 Å². The van der Waals surface area contributed by atoms with Crippen molar-refractivity contribution in [1.82, 2.24) is 0 Å². The van der Waals surface area contributed by atoms with E-state index < -0.39 is 0 Å². The number of nitrogens with one attached hydrogen (secondary N) is 1. The van der Waals surface area contributed by atoms with Gasteiger partial charge in [0.05, 0.1) is 6.10 Å². The fourth-order valence-electron chi connectivity index (χ4n) is 3.33. The summed E-state index contributed by atoms with van der Waals surface area (Å²) in [7, 11) is 0. The van der Waals surface area contributed by atoms with E-state index in [4.69, 9.17) is 4.74 Å². The Hall–Kier alpha value is -1.18. The van der Waals surface area contributed by atoms with Gasteiger partial charge < -0.3 is 10.1 Å². The van der Waals surface area contributed by atoms with Crippen molar-refractivity contribution < 1.29 is 4.74 Å². The van der Waals surface area contributed by atoms with E-state index in [0.717, 1.165) is 18.7 Å². The van der Waals surface area contributed by atoms with E-state index in [0.29, 0.717) is 11.5 Å². The van der Waals surface area contributed by atoms with Crippen LogP contribution >= 0.6 is 0 Å². The average molecular weight is 245 g/mol. The van der Waals surface area contributed by atoms with Crippen molar-refractivity contribution in [3.05, 3.63) is 23.8 Å². The first-order valence-corrected chi connectivity index (χ1v) is 7.16. The normalized spacial score (nSPS) is 25.3. The van der Waals surface area contributed by atoms with E-state index in [1.54, 1.807) is 0 Å². The number of rotatable bonds is 2. The molecule has 1 aliphatic carbocycles. The highest BCUT2D eigenvalue weighted by molar-refractivity contribution is 5.61. The number of fused-ring (bicyclic) bond motifs is 1. The van der Waals surface area contributed by atoms with Crippen molar-refractivity contribution in [1.29, 1.82) is 0 Å². The van der Waals surface area contributed by atoms with Gasteiger partial charge in [0.2, 0.25) is 0 Å². The van der Waals surface area contributed by atoms with Crippen LogP contribution in [0.3, 0.4) is 0 Å².